The van der Waals surface area contributed by atoms with Crippen molar-refractivity contribution in [2.24, 2.45) is 0 Å². The van der Waals surface area contributed by atoms with E-state index in [1.807, 2.05) is 0 Å². The number of rotatable bonds is 2. The molecule has 0 atom stereocenters. The van der Waals surface area contributed by atoms with E-state index in [9.17, 15) is 0 Å². The molecule has 0 N–H and O–H groups in total. The molecule has 0 unspecified atom stereocenters. The van der Waals surface area contributed by atoms with Crippen LogP contribution >= 0.6 is 11.6 Å². The molecule has 1 rings (SSSR count). The van der Waals surface area contributed by atoms with Crippen molar-refractivity contribution in [3.8, 4) is 0 Å². The molecule has 0 aromatic carbocycles. The second-order valence-corrected chi connectivity index (χ2v) is 2.17. The predicted molar refractivity (Wildman–Crippen MR) is 38.0 cm³/mol. The van der Waals surface area contributed by atoms with Crippen LogP contribution in [0.15, 0.2) is 0 Å². The molecule has 1 fully saturated rings. The van der Waals surface area contributed by atoms with Gasteiger partial charge in [0, 0.05) is 25.5 Å². The average Bonchev–Trinajstić information content (AvgIpc) is 1.78. The van der Waals surface area contributed by atoms with Crippen LogP contribution in [0.3, 0.4) is 0 Å². The third kappa shape index (κ3) is 2.52. The summed E-state index contributed by atoms with van der Waals surface area (Å²) in [6, 6.07) is 0. The van der Waals surface area contributed by atoms with Crippen LogP contribution in [0.1, 0.15) is 5.48 Å². The fourth-order valence-electron chi connectivity index (χ4n) is 0.632. The zero-order valence-electron chi connectivity index (χ0n) is 9.06. The topological polar surface area (TPSA) is 12.5 Å². The molecule has 3 heteroatoms. The predicted octanol–water partition coefficient (Wildman–Crippen LogP) is 0.557. The van der Waals surface area contributed by atoms with Gasteiger partial charge in [0.2, 0.25) is 0 Å². The van der Waals surface area contributed by atoms with E-state index in [0.29, 0.717) is 12.4 Å². The molecule has 0 saturated carbocycles. The van der Waals surface area contributed by atoms with Crippen molar-refractivity contribution in [2.75, 3.05) is 38.6 Å². The van der Waals surface area contributed by atoms with Crippen LogP contribution < -0.4 is 0 Å². The Balaban J connectivity index is 2.61. The highest BCUT2D eigenvalue weighted by Crippen LogP contribution is 1.95. The fourth-order valence-corrected chi connectivity index (χ4v) is 0.871. The zero-order chi connectivity index (χ0) is 10.1. The van der Waals surface area contributed by atoms with Gasteiger partial charge in [0.1, 0.15) is 0 Å². The van der Waals surface area contributed by atoms with Crippen molar-refractivity contribution in [1.29, 1.82) is 0 Å². The molecule has 2 nitrogen and oxygen atoms in total. The first kappa shape index (κ1) is 3.56. The van der Waals surface area contributed by atoms with Gasteiger partial charge in [-0.05, 0) is 0 Å². The van der Waals surface area contributed by atoms with E-state index < -0.39 is 13.1 Å². The minimum atomic E-state index is -1.92. The first-order chi connectivity index (χ1) is 5.85. The van der Waals surface area contributed by atoms with Gasteiger partial charge in [0.05, 0.1) is 18.6 Å². The lowest BCUT2D eigenvalue weighted by atomic mass is 10.4. The molecule has 1 aliphatic heterocycles. The van der Waals surface area contributed by atoms with E-state index in [1.54, 1.807) is 4.90 Å². The van der Waals surface area contributed by atoms with E-state index in [0.717, 1.165) is 0 Å². The first-order valence-corrected chi connectivity index (χ1v) is 3.37. The smallest absolute Gasteiger partial charge is 0.0594 e. The van der Waals surface area contributed by atoms with E-state index in [1.165, 1.54) is 0 Å². The summed E-state index contributed by atoms with van der Waals surface area (Å²) in [5.41, 5.74) is 0. The van der Waals surface area contributed by atoms with E-state index in [-0.39, 0.29) is 13.1 Å². The number of morpholine rings is 1. The molecule has 9 heavy (non-hydrogen) atoms. The van der Waals surface area contributed by atoms with Gasteiger partial charge in [0.25, 0.3) is 0 Å². The second-order valence-electron chi connectivity index (χ2n) is 1.79. The Hall–Kier alpha value is 0.210. The molecule has 0 amide bonds. The van der Waals surface area contributed by atoms with Crippen LogP contribution in [0.2, 0.25) is 0 Å². The van der Waals surface area contributed by atoms with Crippen LogP contribution in [-0.2, 0) is 4.74 Å². The summed E-state index contributed by atoms with van der Waals surface area (Å²) in [4.78, 5) is 1.62. The summed E-state index contributed by atoms with van der Waals surface area (Å²) in [6.45, 7) is -3.23. The van der Waals surface area contributed by atoms with E-state index in [4.69, 9.17) is 17.1 Å². The largest absolute Gasteiger partial charge is 0.379 e. The molecule has 1 saturated heterocycles. The van der Waals surface area contributed by atoms with Crippen molar-refractivity contribution in [3.63, 3.8) is 0 Å². The number of nitrogens with zero attached hydrogens (tertiary/aromatic N) is 1. The van der Waals surface area contributed by atoms with Crippen LogP contribution in [0, 0.1) is 0 Å². The summed E-state index contributed by atoms with van der Waals surface area (Å²) in [5.74, 6) is 0.367. The SMILES string of the molecule is [2H]C1([2H])CN(CCCl)CC([2H])([2H])O1. The van der Waals surface area contributed by atoms with Crippen molar-refractivity contribution in [3.05, 3.63) is 0 Å². The molecular weight excluding hydrogens is 138 g/mol. The van der Waals surface area contributed by atoms with Crippen molar-refractivity contribution in [1.82, 2.24) is 4.90 Å². The van der Waals surface area contributed by atoms with Crippen LogP contribution in [-0.4, -0.2) is 43.5 Å². The number of ether oxygens (including phenoxy) is 1. The molecule has 1 heterocycles. The summed E-state index contributed by atoms with van der Waals surface area (Å²) in [6.07, 6.45) is 0. The Morgan fingerprint density at radius 3 is 2.78 bits per heavy atom. The number of hydrogen-bond acceptors (Lipinski definition) is 2. The minimum Gasteiger partial charge on any atom is -0.379 e. The molecule has 0 radical (unpaired) electrons. The molecule has 0 spiro atoms. The van der Waals surface area contributed by atoms with Gasteiger partial charge in [-0.3, -0.25) is 4.90 Å². The minimum absolute atomic E-state index is 0.0687. The van der Waals surface area contributed by atoms with Gasteiger partial charge >= 0.3 is 0 Å². The van der Waals surface area contributed by atoms with Gasteiger partial charge in [-0.1, -0.05) is 0 Å². The monoisotopic (exact) mass is 153 g/mol. The number of alkyl halides is 1. The van der Waals surface area contributed by atoms with Gasteiger partial charge in [0.15, 0.2) is 0 Å². The molecule has 0 bridgehead atoms. The molecule has 54 valence electrons. The van der Waals surface area contributed by atoms with Crippen molar-refractivity contribution >= 4 is 11.6 Å². The van der Waals surface area contributed by atoms with Crippen molar-refractivity contribution in [2.45, 2.75) is 0 Å². The fraction of sp³-hybridized carbons (Fsp3) is 1.00. The standard InChI is InChI=1S/C6H12ClNO/c7-1-2-8-3-5-9-6-4-8/h1-6H2/i5D2,6D2. The second kappa shape index (κ2) is 4.09. The van der Waals surface area contributed by atoms with Gasteiger partial charge in [-0.15, -0.1) is 11.6 Å². The Morgan fingerprint density at radius 1 is 1.56 bits per heavy atom. The highest BCUT2D eigenvalue weighted by atomic mass is 35.5. The van der Waals surface area contributed by atoms with Crippen molar-refractivity contribution < 1.29 is 10.2 Å². The van der Waals surface area contributed by atoms with Gasteiger partial charge in [-0.2, -0.15) is 0 Å². The lowest BCUT2D eigenvalue weighted by Crippen LogP contribution is -2.37. The Kier molecular flexibility index (Phi) is 1.62. The lowest BCUT2D eigenvalue weighted by molar-refractivity contribution is 0.0408. The third-order valence-corrected chi connectivity index (χ3v) is 1.29. The molecule has 0 aliphatic carbocycles. The Bertz CT molecular complexity index is 173. The maximum absolute atomic E-state index is 7.31. The lowest BCUT2D eigenvalue weighted by Gasteiger charge is -2.25. The molecule has 0 aromatic heterocycles. The van der Waals surface area contributed by atoms with E-state index >= 15 is 0 Å². The maximum Gasteiger partial charge on any atom is 0.0594 e. The summed E-state index contributed by atoms with van der Waals surface area (Å²) in [5, 5.41) is 0. The Labute approximate surface area is 66.4 Å². The summed E-state index contributed by atoms with van der Waals surface area (Å²) < 4.78 is 33.9. The third-order valence-electron chi connectivity index (χ3n) is 1.12. The maximum atomic E-state index is 7.31. The molecular formula is C6H12ClNO. The number of hydrogen-bond donors (Lipinski definition) is 0. The quantitative estimate of drug-likeness (QED) is 0.538. The first-order valence-electron chi connectivity index (χ1n) is 4.83. The molecule has 1 aliphatic rings. The molecule has 0 aromatic rings. The number of halogens is 1. The Morgan fingerprint density at radius 2 is 2.22 bits per heavy atom. The van der Waals surface area contributed by atoms with Crippen LogP contribution in [0.25, 0.3) is 0 Å². The van der Waals surface area contributed by atoms with Crippen LogP contribution in [0.5, 0.6) is 0 Å². The normalized spacial score (nSPS) is 40.1. The zero-order valence-corrected chi connectivity index (χ0v) is 5.82. The van der Waals surface area contributed by atoms with Gasteiger partial charge in [-0.25, -0.2) is 0 Å². The highest BCUT2D eigenvalue weighted by Gasteiger charge is 2.07. The highest BCUT2D eigenvalue weighted by molar-refractivity contribution is 6.18. The summed E-state index contributed by atoms with van der Waals surface area (Å²) in [7, 11) is 0. The van der Waals surface area contributed by atoms with Gasteiger partial charge < -0.3 is 4.74 Å². The van der Waals surface area contributed by atoms with Crippen LogP contribution in [0.4, 0.5) is 0 Å². The summed E-state index contributed by atoms with van der Waals surface area (Å²) >= 11 is 5.49. The average molecular weight is 154 g/mol. The van der Waals surface area contributed by atoms with E-state index in [2.05, 4.69) is 4.74 Å².